The fourth-order valence-corrected chi connectivity index (χ4v) is 4.12. The van der Waals surface area contributed by atoms with E-state index in [0.29, 0.717) is 30.0 Å². The maximum atomic E-state index is 11.3. The van der Waals surface area contributed by atoms with E-state index in [2.05, 4.69) is 54.6 Å². The smallest absolute Gasteiger partial charge is 0.296 e. The first kappa shape index (κ1) is 30.2. The van der Waals surface area contributed by atoms with E-state index in [1.807, 2.05) is 31.3 Å². The van der Waals surface area contributed by atoms with Crippen LogP contribution in [-0.2, 0) is 0 Å². The summed E-state index contributed by atoms with van der Waals surface area (Å²) >= 11 is 0. The first-order valence-corrected chi connectivity index (χ1v) is 13.8. The molecule has 0 spiro atoms. The molecular weight excluding hydrogens is 508 g/mol. The number of nitro benzene ring substituents is 1. The van der Waals surface area contributed by atoms with Gasteiger partial charge in [-0.2, -0.15) is 20.1 Å². The molecular formula is C28H40N10O2. The van der Waals surface area contributed by atoms with E-state index in [1.54, 1.807) is 19.1 Å². The van der Waals surface area contributed by atoms with Crippen LogP contribution in [0.2, 0.25) is 0 Å². The Bertz CT molecular complexity index is 1270. The Morgan fingerprint density at radius 1 is 1.02 bits per heavy atom. The van der Waals surface area contributed by atoms with Crippen molar-refractivity contribution >= 4 is 40.6 Å². The molecule has 3 aromatic rings. The number of anilines is 4. The number of aryl methyl sites for hydroxylation is 1. The van der Waals surface area contributed by atoms with Crippen molar-refractivity contribution in [2.45, 2.75) is 52.9 Å². The fourth-order valence-electron chi connectivity index (χ4n) is 4.12. The molecule has 1 aromatic heterocycles. The standard InChI is InChI=1S/C28H40N10O2/c1-5-7-9-21(6-2)19-31-28-33-26(29)32-27(34-28)30-16-8-17-37(4)23-13-11-22(12-14-23)35-36-24-15-10-20(3)18-25(24)38(39)40/h10-15,18,21H,5-9,16-17,19H2,1-4H3,(H4,29,30,31,32,33,34). The lowest BCUT2D eigenvalue weighted by molar-refractivity contribution is -0.384. The minimum absolute atomic E-state index is 0.0615. The minimum Gasteiger partial charge on any atom is -0.375 e. The molecule has 12 heteroatoms. The largest absolute Gasteiger partial charge is 0.375 e. The highest BCUT2D eigenvalue weighted by molar-refractivity contribution is 5.59. The third-order valence-corrected chi connectivity index (χ3v) is 6.59. The summed E-state index contributed by atoms with van der Waals surface area (Å²) in [6.07, 6.45) is 5.55. The van der Waals surface area contributed by atoms with Gasteiger partial charge in [0.2, 0.25) is 17.8 Å². The molecule has 4 N–H and O–H groups in total. The molecule has 214 valence electrons. The highest BCUT2D eigenvalue weighted by Gasteiger charge is 2.13. The molecule has 1 heterocycles. The number of hydrogen-bond acceptors (Lipinski definition) is 11. The van der Waals surface area contributed by atoms with Gasteiger partial charge in [0.25, 0.3) is 5.69 Å². The second-order valence-corrected chi connectivity index (χ2v) is 9.81. The van der Waals surface area contributed by atoms with Crippen LogP contribution in [-0.4, -0.2) is 46.6 Å². The Kier molecular flexibility index (Phi) is 11.5. The average molecular weight is 549 g/mol. The number of benzene rings is 2. The van der Waals surface area contributed by atoms with Gasteiger partial charge in [-0.3, -0.25) is 10.1 Å². The Morgan fingerprint density at radius 2 is 1.75 bits per heavy atom. The van der Waals surface area contributed by atoms with Crippen molar-refractivity contribution in [3.05, 3.63) is 58.1 Å². The molecule has 0 radical (unpaired) electrons. The molecule has 0 aliphatic rings. The van der Waals surface area contributed by atoms with Gasteiger partial charge in [-0.15, -0.1) is 5.11 Å². The number of nitrogens with zero attached hydrogens (tertiary/aromatic N) is 7. The monoisotopic (exact) mass is 548 g/mol. The van der Waals surface area contributed by atoms with Gasteiger partial charge in [-0.25, -0.2) is 0 Å². The van der Waals surface area contributed by atoms with Gasteiger partial charge in [0.05, 0.1) is 10.6 Å². The van der Waals surface area contributed by atoms with Crippen molar-refractivity contribution in [1.29, 1.82) is 0 Å². The number of nitrogen functional groups attached to an aromatic ring is 1. The van der Waals surface area contributed by atoms with Crippen LogP contribution in [0.4, 0.5) is 40.6 Å². The third-order valence-electron chi connectivity index (χ3n) is 6.59. The van der Waals surface area contributed by atoms with Gasteiger partial charge in [0, 0.05) is 38.4 Å². The summed E-state index contributed by atoms with van der Waals surface area (Å²) in [5, 5.41) is 26.1. The fraction of sp³-hybridized carbons (Fsp3) is 0.464. The van der Waals surface area contributed by atoms with Crippen molar-refractivity contribution in [3.8, 4) is 0 Å². The van der Waals surface area contributed by atoms with E-state index in [4.69, 9.17) is 5.73 Å². The lowest BCUT2D eigenvalue weighted by atomic mass is 9.99. The van der Waals surface area contributed by atoms with Crippen LogP contribution in [0.15, 0.2) is 52.7 Å². The Labute approximate surface area is 235 Å². The van der Waals surface area contributed by atoms with E-state index in [9.17, 15) is 10.1 Å². The molecule has 0 aliphatic heterocycles. The topological polar surface area (TPSA) is 160 Å². The first-order valence-electron chi connectivity index (χ1n) is 13.8. The van der Waals surface area contributed by atoms with Crippen LogP contribution in [0.5, 0.6) is 0 Å². The zero-order valence-electron chi connectivity index (χ0n) is 23.8. The zero-order chi connectivity index (χ0) is 28.9. The Morgan fingerprint density at radius 3 is 2.42 bits per heavy atom. The number of nitrogens with two attached hydrogens (primary N) is 1. The number of rotatable bonds is 16. The number of azo groups is 1. The van der Waals surface area contributed by atoms with Crippen LogP contribution in [0.1, 0.15) is 51.5 Å². The summed E-state index contributed by atoms with van der Waals surface area (Å²) in [6.45, 7) is 8.49. The SMILES string of the molecule is CCCCC(CC)CNc1nc(N)nc(NCCCN(C)c2ccc(N=Nc3ccc(C)cc3[N+](=O)[O-])cc2)n1. The van der Waals surface area contributed by atoms with E-state index < -0.39 is 4.92 Å². The molecule has 1 atom stereocenters. The summed E-state index contributed by atoms with van der Waals surface area (Å²) in [4.78, 5) is 25.9. The van der Waals surface area contributed by atoms with Crippen molar-refractivity contribution in [1.82, 2.24) is 15.0 Å². The average Bonchev–Trinajstić information content (AvgIpc) is 2.94. The Balaban J connectivity index is 1.47. The van der Waals surface area contributed by atoms with Crippen LogP contribution >= 0.6 is 0 Å². The highest BCUT2D eigenvalue weighted by atomic mass is 16.6. The molecule has 1 unspecified atom stereocenters. The van der Waals surface area contributed by atoms with Crippen molar-refractivity contribution in [3.63, 3.8) is 0 Å². The van der Waals surface area contributed by atoms with E-state index in [1.165, 1.54) is 25.3 Å². The zero-order valence-corrected chi connectivity index (χ0v) is 23.8. The number of aromatic nitrogens is 3. The summed E-state index contributed by atoms with van der Waals surface area (Å²) in [5.74, 6) is 1.73. The van der Waals surface area contributed by atoms with Gasteiger partial charge >= 0.3 is 0 Å². The van der Waals surface area contributed by atoms with Crippen molar-refractivity contribution in [2.75, 3.05) is 47.9 Å². The normalized spacial score (nSPS) is 11.9. The molecule has 0 aliphatic carbocycles. The van der Waals surface area contributed by atoms with Gasteiger partial charge < -0.3 is 21.3 Å². The van der Waals surface area contributed by atoms with Crippen LogP contribution < -0.4 is 21.3 Å². The number of nitrogens with one attached hydrogen (secondary N) is 2. The lowest BCUT2D eigenvalue weighted by Gasteiger charge is -2.19. The molecule has 0 fully saturated rings. The molecule has 12 nitrogen and oxygen atoms in total. The summed E-state index contributed by atoms with van der Waals surface area (Å²) < 4.78 is 0. The molecule has 0 bridgehead atoms. The van der Waals surface area contributed by atoms with E-state index in [0.717, 1.165) is 37.2 Å². The quantitative estimate of drug-likeness (QED) is 0.0770. The van der Waals surface area contributed by atoms with Gasteiger partial charge in [0.15, 0.2) is 5.69 Å². The number of unbranched alkanes of at least 4 members (excludes halogenated alkanes) is 1. The molecule has 40 heavy (non-hydrogen) atoms. The second kappa shape index (κ2) is 15.3. The molecule has 2 aromatic carbocycles. The lowest BCUT2D eigenvalue weighted by Crippen LogP contribution is -2.21. The van der Waals surface area contributed by atoms with Crippen LogP contribution in [0.3, 0.4) is 0 Å². The maximum Gasteiger partial charge on any atom is 0.296 e. The van der Waals surface area contributed by atoms with Crippen LogP contribution in [0.25, 0.3) is 0 Å². The van der Waals surface area contributed by atoms with Crippen LogP contribution in [0, 0.1) is 23.0 Å². The molecule has 3 rings (SSSR count). The van der Waals surface area contributed by atoms with E-state index >= 15 is 0 Å². The van der Waals surface area contributed by atoms with Gasteiger partial charge in [-0.05, 0) is 61.6 Å². The number of nitro groups is 1. The molecule has 0 saturated heterocycles. The number of hydrogen-bond donors (Lipinski definition) is 3. The maximum absolute atomic E-state index is 11.3. The summed E-state index contributed by atoms with van der Waals surface area (Å²) in [7, 11) is 2.01. The summed E-state index contributed by atoms with van der Waals surface area (Å²) in [6, 6.07) is 12.4. The van der Waals surface area contributed by atoms with Gasteiger partial charge in [0.1, 0.15) is 0 Å². The third kappa shape index (κ3) is 9.44. The van der Waals surface area contributed by atoms with Crippen molar-refractivity contribution < 1.29 is 4.92 Å². The highest BCUT2D eigenvalue weighted by Crippen LogP contribution is 2.30. The Hall–Kier alpha value is -4.35. The predicted octanol–water partition coefficient (Wildman–Crippen LogP) is 6.65. The first-order chi connectivity index (χ1) is 19.3. The predicted molar refractivity (Wildman–Crippen MR) is 161 cm³/mol. The van der Waals surface area contributed by atoms with Crippen molar-refractivity contribution in [2.24, 2.45) is 16.1 Å². The van der Waals surface area contributed by atoms with Gasteiger partial charge in [-0.1, -0.05) is 39.2 Å². The molecule has 0 saturated carbocycles. The molecule has 0 amide bonds. The second-order valence-electron chi connectivity index (χ2n) is 9.81. The minimum atomic E-state index is -0.447. The van der Waals surface area contributed by atoms with E-state index in [-0.39, 0.29) is 17.3 Å². The summed E-state index contributed by atoms with van der Waals surface area (Å²) in [5.41, 5.74) is 8.50.